The summed E-state index contributed by atoms with van der Waals surface area (Å²) < 4.78 is 16.1. The predicted molar refractivity (Wildman–Crippen MR) is 117 cm³/mol. The number of benzene rings is 2. The topological polar surface area (TPSA) is 94.8 Å². The molecule has 1 atom stereocenters. The number of ether oxygens (including phenoxy) is 2. The summed E-state index contributed by atoms with van der Waals surface area (Å²) in [6, 6.07) is 15.2. The molecular formula is C24H25N3O5. The Morgan fingerprint density at radius 2 is 1.91 bits per heavy atom. The number of para-hydroxylation sites is 2. The number of nitrogens with zero attached hydrogens (tertiary/aromatic N) is 3. The van der Waals surface area contributed by atoms with E-state index in [9.17, 15) is 9.59 Å². The number of amides is 1. The van der Waals surface area contributed by atoms with Gasteiger partial charge >= 0.3 is 5.97 Å². The van der Waals surface area contributed by atoms with Crippen molar-refractivity contribution in [2.45, 2.75) is 45.8 Å². The Morgan fingerprint density at radius 3 is 2.66 bits per heavy atom. The van der Waals surface area contributed by atoms with Crippen LogP contribution in [-0.4, -0.2) is 34.7 Å². The van der Waals surface area contributed by atoms with Gasteiger partial charge in [0.25, 0.3) is 11.8 Å². The fourth-order valence-corrected chi connectivity index (χ4v) is 3.45. The number of carbonyl (C=O) groups excluding carboxylic acids is 2. The minimum absolute atomic E-state index is 0.0322. The van der Waals surface area contributed by atoms with Crippen LogP contribution in [-0.2, 0) is 20.9 Å². The van der Waals surface area contributed by atoms with E-state index < -0.39 is 12.1 Å². The molecule has 8 nitrogen and oxygen atoms in total. The van der Waals surface area contributed by atoms with E-state index in [1.807, 2.05) is 36.4 Å². The lowest BCUT2D eigenvalue weighted by atomic mass is 10.0. The molecule has 0 saturated heterocycles. The minimum atomic E-state index is -0.604. The number of anilines is 1. The normalized spacial score (nSPS) is 15.4. The van der Waals surface area contributed by atoms with Gasteiger partial charge in [-0.2, -0.15) is 4.98 Å². The summed E-state index contributed by atoms with van der Waals surface area (Å²) in [5.74, 6) is 1.05. The number of rotatable bonds is 7. The van der Waals surface area contributed by atoms with Crippen molar-refractivity contribution in [1.29, 1.82) is 0 Å². The van der Waals surface area contributed by atoms with E-state index in [1.54, 1.807) is 24.0 Å². The van der Waals surface area contributed by atoms with E-state index in [0.717, 1.165) is 5.56 Å². The van der Waals surface area contributed by atoms with Gasteiger partial charge in [-0.05, 0) is 30.5 Å². The Bertz CT molecular complexity index is 1110. The zero-order valence-electron chi connectivity index (χ0n) is 18.3. The molecule has 2 aromatic carbocycles. The first-order valence-electron chi connectivity index (χ1n) is 10.6. The lowest BCUT2D eigenvalue weighted by molar-refractivity contribution is -0.145. The van der Waals surface area contributed by atoms with Gasteiger partial charge < -0.3 is 18.9 Å². The molecular weight excluding hydrogens is 410 g/mol. The van der Waals surface area contributed by atoms with Crippen molar-refractivity contribution in [3.05, 3.63) is 60.0 Å². The maximum Gasteiger partial charge on any atom is 0.308 e. The summed E-state index contributed by atoms with van der Waals surface area (Å²) >= 11 is 0. The van der Waals surface area contributed by atoms with Crippen molar-refractivity contribution in [3.8, 4) is 17.1 Å². The third kappa shape index (κ3) is 4.64. The molecule has 0 radical (unpaired) electrons. The maximum absolute atomic E-state index is 12.5. The molecule has 166 valence electrons. The van der Waals surface area contributed by atoms with Gasteiger partial charge in [0, 0.05) is 12.1 Å². The van der Waals surface area contributed by atoms with Crippen molar-refractivity contribution in [1.82, 2.24) is 10.1 Å². The molecule has 1 aliphatic rings. The van der Waals surface area contributed by atoms with Crippen molar-refractivity contribution in [2.75, 3.05) is 11.4 Å². The van der Waals surface area contributed by atoms with Crippen molar-refractivity contribution >= 4 is 17.6 Å². The molecule has 8 heteroatoms. The Labute approximate surface area is 186 Å². The molecule has 0 fully saturated rings. The monoisotopic (exact) mass is 435 g/mol. The molecule has 3 aromatic rings. The SMILES string of the molecule is CC1Oc2ccccc2N(CCC(=O)OCc2nc(-c3ccc(C(C)C)cc3)no2)C1=O. The molecule has 0 saturated carbocycles. The number of hydrogen-bond acceptors (Lipinski definition) is 7. The first kappa shape index (κ1) is 21.5. The molecule has 1 aliphatic heterocycles. The summed E-state index contributed by atoms with van der Waals surface area (Å²) in [4.78, 5) is 30.6. The van der Waals surface area contributed by atoms with Crippen LogP contribution in [0.25, 0.3) is 11.4 Å². The van der Waals surface area contributed by atoms with E-state index in [0.29, 0.717) is 23.2 Å². The van der Waals surface area contributed by atoms with Gasteiger partial charge in [-0.15, -0.1) is 0 Å². The fraction of sp³-hybridized carbons (Fsp3) is 0.333. The third-order valence-corrected chi connectivity index (χ3v) is 5.27. The Balaban J connectivity index is 1.32. The zero-order valence-corrected chi connectivity index (χ0v) is 18.3. The van der Waals surface area contributed by atoms with Crippen LogP contribution in [0.1, 0.15) is 44.6 Å². The lowest BCUT2D eigenvalue weighted by Gasteiger charge is -2.32. The molecule has 1 aromatic heterocycles. The smallest absolute Gasteiger partial charge is 0.308 e. The Morgan fingerprint density at radius 1 is 1.16 bits per heavy atom. The standard InChI is InChI=1S/C24H25N3O5/c1-15(2)17-8-10-18(11-9-17)23-25-21(32-26-23)14-30-22(28)12-13-27-19-6-4-5-7-20(19)31-16(3)24(27)29/h4-11,15-16H,12-14H2,1-3H3. The second-order valence-electron chi connectivity index (χ2n) is 7.92. The molecule has 4 rings (SSSR count). The number of hydrogen-bond donors (Lipinski definition) is 0. The van der Waals surface area contributed by atoms with Crippen molar-refractivity contribution in [3.63, 3.8) is 0 Å². The van der Waals surface area contributed by atoms with Crippen LogP contribution in [0.15, 0.2) is 53.1 Å². The van der Waals surface area contributed by atoms with Gasteiger partial charge in [-0.25, -0.2) is 0 Å². The molecule has 1 amide bonds. The Kier molecular flexibility index (Phi) is 6.20. The molecule has 0 bridgehead atoms. The van der Waals surface area contributed by atoms with Gasteiger partial charge in [0.15, 0.2) is 12.7 Å². The van der Waals surface area contributed by atoms with Crippen molar-refractivity contribution < 1.29 is 23.6 Å². The molecule has 0 spiro atoms. The quantitative estimate of drug-likeness (QED) is 0.516. The highest BCUT2D eigenvalue weighted by atomic mass is 16.6. The first-order chi connectivity index (χ1) is 15.4. The van der Waals surface area contributed by atoms with Crippen LogP contribution in [0.5, 0.6) is 5.75 Å². The van der Waals surface area contributed by atoms with E-state index in [4.69, 9.17) is 14.0 Å². The second kappa shape index (κ2) is 9.21. The predicted octanol–water partition coefficient (Wildman–Crippen LogP) is 4.11. The summed E-state index contributed by atoms with van der Waals surface area (Å²) in [5.41, 5.74) is 2.70. The number of esters is 1. The average Bonchev–Trinajstić information content (AvgIpc) is 3.27. The lowest BCUT2D eigenvalue weighted by Crippen LogP contribution is -2.45. The summed E-state index contributed by atoms with van der Waals surface area (Å²) in [6.07, 6.45) is -0.572. The van der Waals surface area contributed by atoms with E-state index in [-0.39, 0.29) is 31.4 Å². The molecule has 0 aliphatic carbocycles. The van der Waals surface area contributed by atoms with Gasteiger partial charge in [-0.1, -0.05) is 55.4 Å². The fourth-order valence-electron chi connectivity index (χ4n) is 3.45. The van der Waals surface area contributed by atoms with Gasteiger partial charge in [0.05, 0.1) is 12.1 Å². The van der Waals surface area contributed by atoms with E-state index in [2.05, 4.69) is 24.0 Å². The van der Waals surface area contributed by atoms with Crippen molar-refractivity contribution in [2.24, 2.45) is 0 Å². The van der Waals surface area contributed by atoms with E-state index >= 15 is 0 Å². The van der Waals surface area contributed by atoms with Gasteiger partial charge in [-0.3, -0.25) is 9.59 Å². The van der Waals surface area contributed by atoms with Crippen LogP contribution in [0.4, 0.5) is 5.69 Å². The second-order valence-corrected chi connectivity index (χ2v) is 7.92. The van der Waals surface area contributed by atoms with Gasteiger partial charge in [0.1, 0.15) is 5.75 Å². The first-order valence-corrected chi connectivity index (χ1v) is 10.6. The van der Waals surface area contributed by atoms with Crippen LogP contribution in [0.3, 0.4) is 0 Å². The van der Waals surface area contributed by atoms with Crippen LogP contribution < -0.4 is 9.64 Å². The van der Waals surface area contributed by atoms with Crippen LogP contribution in [0.2, 0.25) is 0 Å². The van der Waals surface area contributed by atoms with Gasteiger partial charge in [0.2, 0.25) is 5.82 Å². The summed E-state index contributed by atoms with van der Waals surface area (Å²) in [5, 5.41) is 3.96. The highest BCUT2D eigenvalue weighted by Crippen LogP contribution is 2.33. The highest BCUT2D eigenvalue weighted by molar-refractivity contribution is 6.00. The van der Waals surface area contributed by atoms with Crippen LogP contribution >= 0.6 is 0 Å². The third-order valence-electron chi connectivity index (χ3n) is 5.27. The summed E-state index contributed by atoms with van der Waals surface area (Å²) in [6.45, 7) is 6.01. The highest BCUT2D eigenvalue weighted by Gasteiger charge is 2.31. The zero-order chi connectivity index (χ0) is 22.7. The largest absolute Gasteiger partial charge is 0.479 e. The summed E-state index contributed by atoms with van der Waals surface area (Å²) in [7, 11) is 0. The number of fused-ring (bicyclic) bond motifs is 1. The molecule has 0 N–H and O–H groups in total. The number of aromatic nitrogens is 2. The van der Waals surface area contributed by atoms with Crippen LogP contribution in [0, 0.1) is 0 Å². The minimum Gasteiger partial charge on any atom is -0.479 e. The molecule has 1 unspecified atom stereocenters. The van der Waals surface area contributed by atoms with E-state index in [1.165, 1.54) is 5.56 Å². The number of carbonyl (C=O) groups is 2. The average molecular weight is 435 g/mol. The molecule has 2 heterocycles. The Hall–Kier alpha value is -3.68. The maximum atomic E-state index is 12.5. The molecule has 32 heavy (non-hydrogen) atoms.